The normalized spacial score (nSPS) is 22.2. The van der Waals surface area contributed by atoms with Gasteiger partial charge in [0, 0.05) is 51.5 Å². The third kappa shape index (κ3) is 5.78. The topological polar surface area (TPSA) is 76.2 Å². The van der Waals surface area contributed by atoms with Gasteiger partial charge >= 0.3 is 0 Å². The number of imidazole rings is 1. The number of aliphatic imine (C=N–C) groups is 1. The predicted octanol–water partition coefficient (Wildman–Crippen LogP) is 4.02. The minimum Gasteiger partial charge on any atom is -0.356 e. The average Bonchev–Trinajstić information content (AvgIpc) is 3.55. The molecule has 32 heavy (non-hydrogen) atoms. The van der Waals surface area contributed by atoms with Crippen molar-refractivity contribution in [2.75, 3.05) is 32.9 Å². The molecule has 2 fully saturated rings. The lowest BCUT2D eigenvalue weighted by molar-refractivity contribution is 0.189. The van der Waals surface area contributed by atoms with E-state index < -0.39 is 0 Å². The van der Waals surface area contributed by atoms with E-state index in [1.165, 1.54) is 25.7 Å². The molecule has 0 aromatic carbocycles. The molecule has 8 nitrogen and oxygen atoms in total. The standard InChI is InChI=1S/C22H36N8S.HI/c1-17-10-13-28(15-19(17)29-14-12-24-16-29)21(23-2)25-11-6-9-20-26-27-22(31-3)30(20)18-7-4-5-8-18;/h12,14,16-19H,4-11,13,15H2,1-3H3,(H,23,25);1H. The summed E-state index contributed by atoms with van der Waals surface area (Å²) in [5, 5.41) is 13.6. The van der Waals surface area contributed by atoms with Crippen LogP contribution in [0, 0.1) is 5.92 Å². The zero-order chi connectivity index (χ0) is 21.6. The highest BCUT2D eigenvalue weighted by atomic mass is 127. The maximum absolute atomic E-state index is 4.57. The quantitative estimate of drug-likeness (QED) is 0.178. The van der Waals surface area contributed by atoms with Gasteiger partial charge in [-0.05, 0) is 37.9 Å². The largest absolute Gasteiger partial charge is 0.356 e. The summed E-state index contributed by atoms with van der Waals surface area (Å²) in [5.74, 6) is 2.77. The van der Waals surface area contributed by atoms with Gasteiger partial charge in [0.05, 0.1) is 12.4 Å². The number of thioether (sulfide) groups is 1. The van der Waals surface area contributed by atoms with Crippen molar-refractivity contribution in [2.45, 2.75) is 69.1 Å². The van der Waals surface area contributed by atoms with E-state index in [1.807, 2.05) is 19.6 Å². The van der Waals surface area contributed by atoms with Crippen molar-refractivity contribution in [2.24, 2.45) is 10.9 Å². The maximum atomic E-state index is 4.57. The van der Waals surface area contributed by atoms with Crippen molar-refractivity contribution in [3.05, 3.63) is 24.5 Å². The molecule has 2 atom stereocenters. The summed E-state index contributed by atoms with van der Waals surface area (Å²) in [4.78, 5) is 11.2. The zero-order valence-corrected chi connectivity index (χ0v) is 22.6. The number of guanidine groups is 1. The predicted molar refractivity (Wildman–Crippen MR) is 141 cm³/mol. The van der Waals surface area contributed by atoms with Crippen molar-refractivity contribution >= 4 is 41.7 Å². The Bertz CT molecular complexity index is 846. The van der Waals surface area contributed by atoms with Crippen LogP contribution in [0.1, 0.15) is 63.4 Å². The average molecular weight is 573 g/mol. The molecule has 2 aromatic rings. The first-order valence-electron chi connectivity index (χ1n) is 11.6. The van der Waals surface area contributed by atoms with Crippen LogP contribution in [0.4, 0.5) is 0 Å². The molecule has 3 heterocycles. The van der Waals surface area contributed by atoms with Crippen molar-refractivity contribution in [1.82, 2.24) is 34.5 Å². The van der Waals surface area contributed by atoms with Crippen molar-refractivity contribution < 1.29 is 0 Å². The molecule has 2 aromatic heterocycles. The molecule has 2 unspecified atom stereocenters. The Morgan fingerprint density at radius 2 is 2.06 bits per heavy atom. The Balaban J connectivity index is 0.00000289. The van der Waals surface area contributed by atoms with Crippen molar-refractivity contribution in [1.29, 1.82) is 0 Å². The van der Waals surface area contributed by atoms with E-state index in [0.717, 1.165) is 55.8 Å². The molecule has 1 aliphatic carbocycles. The van der Waals surface area contributed by atoms with Gasteiger partial charge in [-0.25, -0.2) is 4.98 Å². The number of aromatic nitrogens is 5. The third-order valence-electron chi connectivity index (χ3n) is 6.81. The van der Waals surface area contributed by atoms with Gasteiger partial charge in [-0.1, -0.05) is 31.5 Å². The van der Waals surface area contributed by atoms with Crippen LogP contribution >= 0.6 is 35.7 Å². The van der Waals surface area contributed by atoms with Gasteiger partial charge in [0.2, 0.25) is 0 Å². The SMILES string of the molecule is CN=C(NCCCc1nnc(SC)n1C1CCCC1)N1CCC(C)C(n2ccnc2)C1.I. The van der Waals surface area contributed by atoms with Crippen LogP contribution in [-0.4, -0.2) is 68.1 Å². The smallest absolute Gasteiger partial charge is 0.193 e. The molecular weight excluding hydrogens is 535 g/mol. The second kappa shape index (κ2) is 12.2. The Kier molecular flexibility index (Phi) is 9.69. The molecule has 178 valence electrons. The minimum atomic E-state index is 0. The summed E-state index contributed by atoms with van der Waals surface area (Å²) in [7, 11) is 1.88. The lowest BCUT2D eigenvalue weighted by Gasteiger charge is -2.39. The molecule has 0 radical (unpaired) electrons. The third-order valence-corrected chi connectivity index (χ3v) is 7.45. The molecule has 10 heteroatoms. The fourth-order valence-electron chi connectivity index (χ4n) is 5.02. The molecule has 4 rings (SSSR count). The molecular formula is C22H37IN8S. The summed E-state index contributed by atoms with van der Waals surface area (Å²) >= 11 is 1.71. The van der Waals surface area contributed by atoms with E-state index in [9.17, 15) is 0 Å². The Labute approximate surface area is 213 Å². The zero-order valence-electron chi connectivity index (χ0n) is 19.5. The summed E-state index contributed by atoms with van der Waals surface area (Å²) in [6.45, 7) is 5.23. The molecule has 0 amide bonds. The van der Waals surface area contributed by atoms with Crippen molar-refractivity contribution in [3.8, 4) is 0 Å². The van der Waals surface area contributed by atoms with Gasteiger partial charge in [-0.15, -0.1) is 34.2 Å². The van der Waals surface area contributed by atoms with Crippen LogP contribution in [0.5, 0.6) is 0 Å². The highest BCUT2D eigenvalue weighted by Crippen LogP contribution is 2.33. The Hall–Kier alpha value is -1.30. The van der Waals surface area contributed by atoms with E-state index in [4.69, 9.17) is 0 Å². The number of hydrogen-bond acceptors (Lipinski definition) is 5. The number of nitrogens with zero attached hydrogens (tertiary/aromatic N) is 7. The summed E-state index contributed by atoms with van der Waals surface area (Å²) in [6, 6.07) is 1.02. The number of aryl methyl sites for hydroxylation is 1. The summed E-state index contributed by atoms with van der Waals surface area (Å²) in [5.41, 5.74) is 0. The summed E-state index contributed by atoms with van der Waals surface area (Å²) in [6.07, 6.45) is 16.3. The number of halogens is 1. The van der Waals surface area contributed by atoms with Gasteiger partial charge < -0.3 is 19.4 Å². The molecule has 1 N–H and O–H groups in total. The van der Waals surface area contributed by atoms with Crippen LogP contribution in [0.2, 0.25) is 0 Å². The monoisotopic (exact) mass is 572 g/mol. The van der Waals surface area contributed by atoms with Gasteiger partial charge in [-0.3, -0.25) is 4.99 Å². The highest BCUT2D eigenvalue weighted by molar-refractivity contribution is 14.0. The minimum absolute atomic E-state index is 0. The first-order valence-corrected chi connectivity index (χ1v) is 12.8. The molecule has 0 bridgehead atoms. The van der Waals surface area contributed by atoms with Gasteiger partial charge in [0.1, 0.15) is 5.82 Å². The van der Waals surface area contributed by atoms with E-state index >= 15 is 0 Å². The Morgan fingerprint density at radius 3 is 2.75 bits per heavy atom. The number of likely N-dealkylation sites (tertiary alicyclic amines) is 1. The second-order valence-electron chi connectivity index (χ2n) is 8.78. The van der Waals surface area contributed by atoms with Gasteiger partial charge in [0.25, 0.3) is 0 Å². The first-order chi connectivity index (χ1) is 15.2. The lowest BCUT2D eigenvalue weighted by atomic mass is 9.93. The van der Waals surface area contributed by atoms with E-state index in [2.05, 4.69) is 58.9 Å². The van der Waals surface area contributed by atoms with Gasteiger partial charge in [0.15, 0.2) is 11.1 Å². The highest BCUT2D eigenvalue weighted by Gasteiger charge is 2.29. The van der Waals surface area contributed by atoms with Crippen LogP contribution in [0.25, 0.3) is 0 Å². The molecule has 2 aliphatic rings. The number of piperidine rings is 1. The first kappa shape index (κ1) is 25.3. The van der Waals surface area contributed by atoms with E-state index in [1.54, 1.807) is 11.8 Å². The lowest BCUT2D eigenvalue weighted by Crippen LogP contribution is -2.49. The Morgan fingerprint density at radius 1 is 1.25 bits per heavy atom. The van der Waals surface area contributed by atoms with Crippen LogP contribution in [0.3, 0.4) is 0 Å². The molecule has 0 spiro atoms. The molecule has 1 saturated heterocycles. The fourth-order valence-corrected chi connectivity index (χ4v) is 5.59. The van der Waals surface area contributed by atoms with E-state index in [-0.39, 0.29) is 24.0 Å². The van der Waals surface area contributed by atoms with Crippen LogP contribution < -0.4 is 5.32 Å². The summed E-state index contributed by atoms with van der Waals surface area (Å²) < 4.78 is 4.65. The second-order valence-corrected chi connectivity index (χ2v) is 9.55. The number of nitrogens with one attached hydrogen (secondary N) is 1. The van der Waals surface area contributed by atoms with E-state index in [0.29, 0.717) is 18.0 Å². The molecule has 1 saturated carbocycles. The van der Waals surface area contributed by atoms with Crippen LogP contribution in [0.15, 0.2) is 28.9 Å². The van der Waals surface area contributed by atoms with Crippen molar-refractivity contribution in [3.63, 3.8) is 0 Å². The fraction of sp³-hybridized carbons (Fsp3) is 0.727. The maximum Gasteiger partial charge on any atom is 0.193 e. The van der Waals surface area contributed by atoms with Crippen LogP contribution in [-0.2, 0) is 6.42 Å². The molecule has 1 aliphatic heterocycles. The van der Waals surface area contributed by atoms with Gasteiger partial charge in [-0.2, -0.15) is 0 Å². The number of hydrogen-bond donors (Lipinski definition) is 1. The number of rotatable bonds is 7.